The average molecular weight is 534 g/mol. The summed E-state index contributed by atoms with van der Waals surface area (Å²) < 4.78 is 22.5. The second-order valence-corrected chi connectivity index (χ2v) is 9.12. The molecule has 0 radical (unpaired) electrons. The zero-order chi connectivity index (χ0) is 26.2. The lowest BCUT2D eigenvalue weighted by molar-refractivity contribution is -0.114. The maximum atomic E-state index is 13.5. The molecule has 0 atom stereocenters. The Balaban J connectivity index is 1.98. The normalized spacial score (nSPS) is 11.3. The quantitative estimate of drug-likeness (QED) is 0.290. The number of ether oxygens (including phenoxy) is 4. The van der Waals surface area contributed by atoms with Gasteiger partial charge in [-0.05, 0) is 49.0 Å². The molecule has 8 nitrogen and oxygen atoms in total. The Kier molecular flexibility index (Phi) is 9.81. The van der Waals surface area contributed by atoms with E-state index in [-0.39, 0.29) is 5.91 Å². The van der Waals surface area contributed by atoms with E-state index in [1.807, 2.05) is 0 Å². The van der Waals surface area contributed by atoms with Gasteiger partial charge in [0.15, 0.2) is 16.6 Å². The minimum Gasteiger partial charge on any atom is -0.494 e. The molecule has 1 aromatic heterocycles. The van der Waals surface area contributed by atoms with Crippen LogP contribution in [0.1, 0.15) is 19.4 Å². The summed E-state index contributed by atoms with van der Waals surface area (Å²) in [6.07, 6.45) is 3.24. The van der Waals surface area contributed by atoms with E-state index in [1.54, 1.807) is 63.7 Å². The molecule has 2 aromatic carbocycles. The van der Waals surface area contributed by atoms with Crippen molar-refractivity contribution in [2.24, 2.45) is 0 Å². The minimum atomic E-state index is -0.204. The van der Waals surface area contributed by atoms with E-state index in [9.17, 15) is 4.79 Å². The summed E-state index contributed by atoms with van der Waals surface area (Å²) in [4.78, 5) is 22.2. The summed E-state index contributed by atoms with van der Waals surface area (Å²) in [6.45, 7) is 7.15. The van der Waals surface area contributed by atoms with Crippen LogP contribution in [0.15, 0.2) is 30.3 Å². The van der Waals surface area contributed by atoms with Crippen molar-refractivity contribution in [3.05, 3.63) is 40.9 Å². The zero-order valence-corrected chi connectivity index (χ0v) is 23.0. The largest absolute Gasteiger partial charge is 0.494 e. The zero-order valence-electron chi connectivity index (χ0n) is 21.5. The number of anilines is 1. The van der Waals surface area contributed by atoms with E-state index in [0.29, 0.717) is 51.8 Å². The summed E-state index contributed by atoms with van der Waals surface area (Å²) in [7, 11) is 6.24. The molecule has 0 aliphatic heterocycles. The highest BCUT2D eigenvalue weighted by Gasteiger charge is 2.21. The van der Waals surface area contributed by atoms with Crippen LogP contribution in [0.2, 0.25) is 5.02 Å². The van der Waals surface area contributed by atoms with E-state index in [0.717, 1.165) is 23.4 Å². The van der Waals surface area contributed by atoms with Crippen LogP contribution in [0.25, 0.3) is 16.3 Å². The Morgan fingerprint density at radius 3 is 2.17 bits per heavy atom. The van der Waals surface area contributed by atoms with Crippen molar-refractivity contribution in [2.45, 2.75) is 13.8 Å². The fourth-order valence-corrected chi connectivity index (χ4v) is 5.05. The number of rotatable bonds is 12. The van der Waals surface area contributed by atoms with Gasteiger partial charge in [-0.2, -0.15) is 0 Å². The third-order valence-corrected chi connectivity index (χ3v) is 7.34. The predicted octanol–water partition coefficient (Wildman–Crippen LogP) is 5.37. The number of methoxy groups -OCH3 is 4. The summed E-state index contributed by atoms with van der Waals surface area (Å²) in [6, 6.07) is 7.12. The Morgan fingerprint density at radius 1 is 0.972 bits per heavy atom. The van der Waals surface area contributed by atoms with Crippen molar-refractivity contribution < 1.29 is 23.7 Å². The molecule has 0 saturated heterocycles. The average Bonchev–Trinajstić information content (AvgIpc) is 3.35. The third kappa shape index (κ3) is 6.03. The van der Waals surface area contributed by atoms with Crippen LogP contribution >= 0.6 is 22.9 Å². The highest BCUT2D eigenvalue weighted by Crippen LogP contribution is 2.40. The molecule has 0 saturated carbocycles. The van der Waals surface area contributed by atoms with Crippen molar-refractivity contribution in [3.63, 3.8) is 0 Å². The molecule has 3 aromatic rings. The number of carbonyl (C=O) groups excluding carboxylic acids is 1. The van der Waals surface area contributed by atoms with Gasteiger partial charge in [-0.15, -0.1) is 0 Å². The Morgan fingerprint density at radius 2 is 1.61 bits per heavy atom. The lowest BCUT2D eigenvalue weighted by Crippen LogP contribution is -2.38. The number of halogens is 1. The SMILES string of the molecule is CCN(CC)CCN(C(=O)C=Cc1cc(OC)c(OC)c(OC)c1)c1nc2c(OC)ccc(Cl)c2s1. The molecule has 1 amide bonds. The first kappa shape index (κ1) is 27.6. The highest BCUT2D eigenvalue weighted by molar-refractivity contribution is 7.23. The number of hydrogen-bond donors (Lipinski definition) is 0. The van der Waals surface area contributed by atoms with Gasteiger partial charge in [0.25, 0.3) is 5.91 Å². The fraction of sp³-hybridized carbons (Fsp3) is 0.385. The maximum absolute atomic E-state index is 13.5. The first-order chi connectivity index (χ1) is 17.4. The molecule has 0 aliphatic rings. The molecule has 0 spiro atoms. The highest BCUT2D eigenvalue weighted by atomic mass is 35.5. The van der Waals surface area contributed by atoms with Crippen molar-refractivity contribution in [2.75, 3.05) is 59.5 Å². The number of likely N-dealkylation sites (N-methyl/N-ethyl adjacent to an activating group) is 1. The third-order valence-electron chi connectivity index (χ3n) is 5.80. The van der Waals surface area contributed by atoms with Crippen molar-refractivity contribution in [1.82, 2.24) is 9.88 Å². The van der Waals surface area contributed by atoms with Gasteiger partial charge < -0.3 is 23.8 Å². The lowest BCUT2D eigenvalue weighted by atomic mass is 10.1. The van der Waals surface area contributed by atoms with E-state index in [2.05, 4.69) is 18.7 Å². The van der Waals surface area contributed by atoms with Crippen LogP contribution < -0.4 is 23.8 Å². The first-order valence-corrected chi connectivity index (χ1v) is 12.7. The molecule has 0 aliphatic carbocycles. The summed E-state index contributed by atoms with van der Waals surface area (Å²) in [5, 5.41) is 1.13. The van der Waals surface area contributed by atoms with Crippen LogP contribution in [0.4, 0.5) is 5.13 Å². The van der Waals surface area contributed by atoms with E-state index in [1.165, 1.54) is 17.4 Å². The molecule has 0 unspecified atom stereocenters. The molecule has 10 heteroatoms. The molecule has 0 fully saturated rings. The number of fused-ring (bicyclic) bond motifs is 1. The number of benzene rings is 2. The topological polar surface area (TPSA) is 73.4 Å². The number of nitrogens with zero attached hydrogens (tertiary/aromatic N) is 3. The van der Waals surface area contributed by atoms with Gasteiger partial charge in [-0.1, -0.05) is 36.8 Å². The second kappa shape index (κ2) is 12.8. The van der Waals surface area contributed by atoms with Crippen LogP contribution in [0.3, 0.4) is 0 Å². The lowest BCUT2D eigenvalue weighted by Gasteiger charge is -2.23. The van der Waals surface area contributed by atoms with Crippen molar-refractivity contribution in [3.8, 4) is 23.0 Å². The summed E-state index contributed by atoms with van der Waals surface area (Å²) >= 11 is 7.80. The van der Waals surface area contributed by atoms with Gasteiger partial charge in [-0.25, -0.2) is 4.98 Å². The number of amides is 1. The van der Waals surface area contributed by atoms with Gasteiger partial charge in [0.2, 0.25) is 5.75 Å². The standard InChI is InChI=1S/C26H32ClN3O5S/c1-7-29(8-2)13-14-30(26-28-23-19(32-3)11-10-18(27)25(23)36-26)22(31)12-9-17-15-20(33-4)24(35-6)21(16-17)34-5/h9-12,15-16H,7-8,13-14H2,1-6H3. The second-order valence-electron chi connectivity index (χ2n) is 7.73. The Labute approximate surface area is 221 Å². The smallest absolute Gasteiger partial charge is 0.252 e. The number of hydrogen-bond acceptors (Lipinski definition) is 8. The monoisotopic (exact) mass is 533 g/mol. The van der Waals surface area contributed by atoms with E-state index < -0.39 is 0 Å². The van der Waals surface area contributed by atoms with Crippen LogP contribution in [0.5, 0.6) is 23.0 Å². The molecular weight excluding hydrogens is 502 g/mol. The van der Waals surface area contributed by atoms with Gasteiger partial charge in [0.1, 0.15) is 11.3 Å². The van der Waals surface area contributed by atoms with Gasteiger partial charge in [-0.3, -0.25) is 9.69 Å². The summed E-state index contributed by atoms with van der Waals surface area (Å²) in [5.41, 5.74) is 1.37. The fourth-order valence-electron chi connectivity index (χ4n) is 3.76. The molecule has 3 rings (SSSR count). The molecule has 0 N–H and O–H groups in total. The van der Waals surface area contributed by atoms with Crippen LogP contribution in [-0.4, -0.2) is 70.4 Å². The molecule has 36 heavy (non-hydrogen) atoms. The van der Waals surface area contributed by atoms with Gasteiger partial charge in [0.05, 0.1) is 38.2 Å². The van der Waals surface area contributed by atoms with Crippen LogP contribution in [0, 0.1) is 0 Å². The molecular formula is C26H32ClN3O5S. The van der Waals surface area contributed by atoms with E-state index in [4.69, 9.17) is 35.5 Å². The van der Waals surface area contributed by atoms with E-state index >= 15 is 0 Å². The van der Waals surface area contributed by atoms with Crippen molar-refractivity contribution in [1.29, 1.82) is 0 Å². The minimum absolute atomic E-state index is 0.204. The molecule has 1 heterocycles. The number of carbonyl (C=O) groups is 1. The molecule has 194 valence electrons. The first-order valence-electron chi connectivity index (χ1n) is 11.6. The predicted molar refractivity (Wildman–Crippen MR) is 146 cm³/mol. The van der Waals surface area contributed by atoms with Crippen molar-refractivity contribution >= 4 is 50.3 Å². The van der Waals surface area contributed by atoms with Gasteiger partial charge >= 0.3 is 0 Å². The number of aromatic nitrogens is 1. The Hall–Kier alpha value is -3.01. The summed E-state index contributed by atoms with van der Waals surface area (Å²) in [5.74, 6) is 1.92. The Bertz CT molecular complexity index is 1200. The molecule has 0 bridgehead atoms. The van der Waals surface area contributed by atoms with Crippen LogP contribution in [-0.2, 0) is 4.79 Å². The van der Waals surface area contributed by atoms with Gasteiger partial charge in [0, 0.05) is 19.2 Å². The number of thiazole rings is 1. The maximum Gasteiger partial charge on any atom is 0.252 e.